The van der Waals surface area contributed by atoms with Crippen molar-refractivity contribution >= 4 is 16.6 Å². The molecule has 1 aromatic heterocycles. The predicted molar refractivity (Wildman–Crippen MR) is 72.9 cm³/mol. The van der Waals surface area contributed by atoms with Crippen LogP contribution in [0.3, 0.4) is 0 Å². The van der Waals surface area contributed by atoms with E-state index >= 15 is 0 Å². The first-order chi connectivity index (χ1) is 8.60. The van der Waals surface area contributed by atoms with Crippen LogP contribution in [-0.2, 0) is 4.74 Å². The zero-order valence-electron chi connectivity index (χ0n) is 10.9. The molecular formula is C14H18N2O2. The van der Waals surface area contributed by atoms with Gasteiger partial charge in [0.15, 0.2) is 0 Å². The van der Waals surface area contributed by atoms with Crippen molar-refractivity contribution in [2.24, 2.45) is 0 Å². The average molecular weight is 246 g/mol. The summed E-state index contributed by atoms with van der Waals surface area (Å²) in [5.41, 5.74) is 8.33. The third-order valence-corrected chi connectivity index (χ3v) is 2.65. The van der Waals surface area contributed by atoms with Gasteiger partial charge in [-0.3, -0.25) is 4.98 Å². The van der Waals surface area contributed by atoms with Gasteiger partial charge in [-0.15, -0.1) is 0 Å². The summed E-state index contributed by atoms with van der Waals surface area (Å²) in [7, 11) is 1.66. The molecule has 96 valence electrons. The maximum Gasteiger partial charge on any atom is 0.131 e. The standard InChI is InChI=1S/C14H18N2O2/c1-9-6-14(18-10(2)8-17-3)12-7-11(15)4-5-13(12)16-9/h4-7,10H,8,15H2,1-3H3. The Morgan fingerprint density at radius 3 is 2.83 bits per heavy atom. The van der Waals surface area contributed by atoms with Gasteiger partial charge in [-0.05, 0) is 32.0 Å². The summed E-state index contributed by atoms with van der Waals surface area (Å²) in [4.78, 5) is 4.46. The van der Waals surface area contributed by atoms with Crippen LogP contribution in [0, 0.1) is 6.92 Å². The molecule has 1 heterocycles. The second-order valence-corrected chi connectivity index (χ2v) is 4.42. The Kier molecular flexibility index (Phi) is 3.67. The van der Waals surface area contributed by atoms with Crippen molar-refractivity contribution in [1.29, 1.82) is 0 Å². The molecule has 1 atom stereocenters. The first-order valence-electron chi connectivity index (χ1n) is 5.92. The normalized spacial score (nSPS) is 12.6. The highest BCUT2D eigenvalue weighted by Gasteiger charge is 2.09. The molecule has 1 aromatic carbocycles. The lowest BCUT2D eigenvalue weighted by atomic mass is 10.1. The molecule has 2 rings (SSSR count). The molecule has 0 fully saturated rings. The number of anilines is 1. The lowest BCUT2D eigenvalue weighted by Gasteiger charge is -2.16. The van der Waals surface area contributed by atoms with E-state index in [1.807, 2.05) is 38.1 Å². The van der Waals surface area contributed by atoms with Crippen LogP contribution in [0.4, 0.5) is 5.69 Å². The molecule has 0 aliphatic rings. The van der Waals surface area contributed by atoms with Crippen molar-refractivity contribution in [2.45, 2.75) is 20.0 Å². The topological polar surface area (TPSA) is 57.4 Å². The maximum atomic E-state index is 5.88. The van der Waals surface area contributed by atoms with Gasteiger partial charge in [-0.1, -0.05) is 0 Å². The van der Waals surface area contributed by atoms with Crippen LogP contribution >= 0.6 is 0 Å². The molecule has 0 spiro atoms. The number of benzene rings is 1. The molecule has 0 aliphatic carbocycles. The maximum absolute atomic E-state index is 5.88. The fourth-order valence-electron chi connectivity index (χ4n) is 1.92. The first-order valence-corrected chi connectivity index (χ1v) is 5.92. The van der Waals surface area contributed by atoms with Gasteiger partial charge in [-0.25, -0.2) is 0 Å². The van der Waals surface area contributed by atoms with Crippen LogP contribution in [0.25, 0.3) is 10.9 Å². The smallest absolute Gasteiger partial charge is 0.131 e. The van der Waals surface area contributed by atoms with Gasteiger partial charge in [0.2, 0.25) is 0 Å². The third kappa shape index (κ3) is 2.71. The second-order valence-electron chi connectivity index (χ2n) is 4.42. The Balaban J connectivity index is 2.44. The fourth-order valence-corrected chi connectivity index (χ4v) is 1.92. The molecule has 0 amide bonds. The van der Waals surface area contributed by atoms with E-state index in [1.54, 1.807) is 7.11 Å². The molecule has 0 bridgehead atoms. The van der Waals surface area contributed by atoms with Crippen molar-refractivity contribution in [3.8, 4) is 5.75 Å². The summed E-state index contributed by atoms with van der Waals surface area (Å²) in [6, 6.07) is 7.56. The molecule has 4 heteroatoms. The number of nitrogens with zero attached hydrogens (tertiary/aromatic N) is 1. The lowest BCUT2D eigenvalue weighted by Crippen LogP contribution is -2.18. The Morgan fingerprint density at radius 1 is 1.33 bits per heavy atom. The molecule has 4 nitrogen and oxygen atoms in total. The number of pyridine rings is 1. The quantitative estimate of drug-likeness (QED) is 0.842. The number of hydrogen-bond acceptors (Lipinski definition) is 4. The van der Waals surface area contributed by atoms with E-state index in [0.29, 0.717) is 12.3 Å². The highest BCUT2D eigenvalue weighted by molar-refractivity contribution is 5.87. The van der Waals surface area contributed by atoms with Crippen LogP contribution in [0.5, 0.6) is 5.75 Å². The minimum Gasteiger partial charge on any atom is -0.488 e. The summed E-state index contributed by atoms with van der Waals surface area (Å²) in [5, 5.41) is 0.934. The number of aromatic nitrogens is 1. The first kappa shape index (κ1) is 12.6. The largest absolute Gasteiger partial charge is 0.488 e. The lowest BCUT2D eigenvalue weighted by molar-refractivity contribution is 0.0930. The second kappa shape index (κ2) is 5.23. The number of nitrogens with two attached hydrogens (primary N) is 1. The molecule has 0 aliphatic heterocycles. The van der Waals surface area contributed by atoms with Crippen LogP contribution in [0.15, 0.2) is 24.3 Å². The van der Waals surface area contributed by atoms with Crippen molar-refractivity contribution in [3.63, 3.8) is 0 Å². The average Bonchev–Trinajstić information content (AvgIpc) is 2.30. The summed E-state index contributed by atoms with van der Waals surface area (Å²) >= 11 is 0. The van der Waals surface area contributed by atoms with Gasteiger partial charge in [0.1, 0.15) is 11.9 Å². The highest BCUT2D eigenvalue weighted by Crippen LogP contribution is 2.28. The third-order valence-electron chi connectivity index (χ3n) is 2.65. The van der Waals surface area contributed by atoms with Crippen molar-refractivity contribution in [1.82, 2.24) is 4.98 Å². The summed E-state index contributed by atoms with van der Waals surface area (Å²) in [5.74, 6) is 0.800. The van der Waals surface area contributed by atoms with Gasteiger partial charge < -0.3 is 15.2 Å². The van der Waals surface area contributed by atoms with Gasteiger partial charge in [0.05, 0.1) is 12.1 Å². The van der Waals surface area contributed by atoms with Crippen molar-refractivity contribution in [2.75, 3.05) is 19.5 Å². The molecule has 1 unspecified atom stereocenters. The van der Waals surface area contributed by atoms with Crippen LogP contribution in [0.2, 0.25) is 0 Å². The van der Waals surface area contributed by atoms with Crippen LogP contribution in [-0.4, -0.2) is 24.8 Å². The number of methoxy groups -OCH3 is 1. The van der Waals surface area contributed by atoms with E-state index in [1.165, 1.54) is 0 Å². The van der Waals surface area contributed by atoms with Gasteiger partial charge in [0.25, 0.3) is 0 Å². The molecule has 18 heavy (non-hydrogen) atoms. The molecule has 0 saturated heterocycles. The molecule has 0 radical (unpaired) electrons. The van der Waals surface area contributed by atoms with Gasteiger partial charge in [-0.2, -0.15) is 0 Å². The predicted octanol–water partition coefficient (Wildman–Crippen LogP) is 2.54. The van der Waals surface area contributed by atoms with Crippen molar-refractivity contribution < 1.29 is 9.47 Å². The highest BCUT2D eigenvalue weighted by atomic mass is 16.5. The zero-order chi connectivity index (χ0) is 13.1. The zero-order valence-corrected chi connectivity index (χ0v) is 10.9. The number of ether oxygens (including phenoxy) is 2. The number of rotatable bonds is 4. The van der Waals surface area contributed by atoms with Gasteiger partial charge >= 0.3 is 0 Å². The summed E-state index contributed by atoms with van der Waals surface area (Å²) in [6.45, 7) is 4.46. The van der Waals surface area contributed by atoms with Gasteiger partial charge in [0, 0.05) is 29.9 Å². The van der Waals surface area contributed by atoms with Crippen LogP contribution < -0.4 is 10.5 Å². The number of aryl methyl sites for hydroxylation is 1. The molecule has 2 N–H and O–H groups in total. The number of fused-ring (bicyclic) bond motifs is 1. The number of hydrogen-bond donors (Lipinski definition) is 1. The van der Waals surface area contributed by atoms with Crippen molar-refractivity contribution in [3.05, 3.63) is 30.0 Å². The minimum absolute atomic E-state index is 0.0126. The number of nitrogen functional groups attached to an aromatic ring is 1. The monoisotopic (exact) mass is 246 g/mol. The molecular weight excluding hydrogens is 228 g/mol. The molecule has 0 saturated carbocycles. The Bertz CT molecular complexity index is 555. The van der Waals surface area contributed by atoms with E-state index in [-0.39, 0.29) is 6.10 Å². The van der Waals surface area contributed by atoms with E-state index in [2.05, 4.69) is 4.98 Å². The Labute approximate surface area is 107 Å². The molecule has 2 aromatic rings. The van der Waals surface area contributed by atoms with E-state index in [9.17, 15) is 0 Å². The fraction of sp³-hybridized carbons (Fsp3) is 0.357. The summed E-state index contributed by atoms with van der Waals surface area (Å²) in [6.07, 6.45) is -0.0126. The Morgan fingerprint density at radius 2 is 2.11 bits per heavy atom. The Hall–Kier alpha value is -1.81. The summed E-state index contributed by atoms with van der Waals surface area (Å²) < 4.78 is 11.0. The van der Waals surface area contributed by atoms with E-state index < -0.39 is 0 Å². The minimum atomic E-state index is -0.0126. The van der Waals surface area contributed by atoms with E-state index in [4.69, 9.17) is 15.2 Å². The van der Waals surface area contributed by atoms with Crippen LogP contribution in [0.1, 0.15) is 12.6 Å². The van der Waals surface area contributed by atoms with E-state index in [0.717, 1.165) is 22.3 Å². The SMILES string of the molecule is COCC(C)Oc1cc(C)nc2ccc(N)cc12.